The summed E-state index contributed by atoms with van der Waals surface area (Å²) in [6.45, 7) is 12.9. The van der Waals surface area contributed by atoms with Crippen LogP contribution in [-0.2, 0) is 0 Å². The highest BCUT2D eigenvalue weighted by Gasteiger charge is 2.27. The predicted molar refractivity (Wildman–Crippen MR) is 88.4 cm³/mol. The van der Waals surface area contributed by atoms with Crippen LogP contribution in [0.4, 0.5) is 0 Å². The summed E-state index contributed by atoms with van der Waals surface area (Å²) in [6, 6.07) is 0.391. The second-order valence-electron chi connectivity index (χ2n) is 5.55. The largest absolute Gasteiger partial charge is 0.245 e. The second kappa shape index (κ2) is 8.97. The van der Waals surface area contributed by atoms with E-state index in [0.717, 1.165) is 32.4 Å². The third-order valence-electron chi connectivity index (χ3n) is 3.93. The van der Waals surface area contributed by atoms with E-state index in [1.54, 1.807) is 0 Å². The summed E-state index contributed by atoms with van der Waals surface area (Å²) in [5.41, 5.74) is 4.53. The van der Waals surface area contributed by atoms with Gasteiger partial charge in [-0.1, -0.05) is 38.2 Å². The molecule has 0 bridgehead atoms. The standard InChI is InChI=1S/C18H30N2/c1-6-15-20(19(5)7-2)18-14-12-10-8-9-11-13-17(18)16(3)4/h8,11-12,14,17-18H,3,6-7,10,13,15H2,1-2,4-5H3/t9?,17-,18?/m0/s1. The lowest BCUT2D eigenvalue weighted by Crippen LogP contribution is -2.49. The van der Waals surface area contributed by atoms with Gasteiger partial charge < -0.3 is 0 Å². The van der Waals surface area contributed by atoms with Crippen molar-refractivity contribution in [3.05, 3.63) is 42.2 Å². The monoisotopic (exact) mass is 274 g/mol. The zero-order valence-corrected chi connectivity index (χ0v) is 13.6. The van der Waals surface area contributed by atoms with E-state index in [0.29, 0.717) is 12.0 Å². The molecule has 0 aromatic carbocycles. The Kier molecular flexibility index (Phi) is 7.61. The molecule has 0 N–H and O–H groups in total. The Morgan fingerprint density at radius 1 is 1.35 bits per heavy atom. The minimum atomic E-state index is 0.391. The lowest BCUT2D eigenvalue weighted by molar-refractivity contribution is -0.0338. The van der Waals surface area contributed by atoms with E-state index < -0.39 is 0 Å². The smallest absolute Gasteiger partial charge is 0.0494 e. The molecule has 1 rings (SSSR count). The molecule has 0 radical (unpaired) electrons. The summed E-state index contributed by atoms with van der Waals surface area (Å²) < 4.78 is 0. The van der Waals surface area contributed by atoms with Crippen LogP contribution in [0.1, 0.15) is 40.0 Å². The fourth-order valence-corrected chi connectivity index (χ4v) is 2.66. The maximum absolute atomic E-state index is 4.22. The van der Waals surface area contributed by atoms with E-state index in [4.69, 9.17) is 0 Å². The van der Waals surface area contributed by atoms with E-state index >= 15 is 0 Å². The maximum Gasteiger partial charge on any atom is 0.0494 e. The summed E-state index contributed by atoms with van der Waals surface area (Å²) in [7, 11) is 2.18. The van der Waals surface area contributed by atoms with E-state index in [1.807, 2.05) is 0 Å². The minimum absolute atomic E-state index is 0.391. The number of hydrogen-bond acceptors (Lipinski definition) is 2. The van der Waals surface area contributed by atoms with Gasteiger partial charge in [-0.3, -0.25) is 0 Å². The van der Waals surface area contributed by atoms with Gasteiger partial charge in [0.15, 0.2) is 0 Å². The molecule has 1 aliphatic carbocycles. The van der Waals surface area contributed by atoms with Crippen LogP contribution in [0.5, 0.6) is 0 Å². The van der Waals surface area contributed by atoms with Gasteiger partial charge >= 0.3 is 0 Å². The molecule has 0 saturated heterocycles. The molecule has 0 spiro atoms. The quantitative estimate of drug-likeness (QED) is 0.407. The Hall–Kier alpha value is -1.08. The van der Waals surface area contributed by atoms with Crippen LogP contribution < -0.4 is 0 Å². The van der Waals surface area contributed by atoms with Crippen molar-refractivity contribution >= 4 is 0 Å². The third kappa shape index (κ3) is 4.79. The first-order chi connectivity index (χ1) is 9.61. The molecule has 2 heteroatoms. The van der Waals surface area contributed by atoms with Crippen molar-refractivity contribution in [2.75, 3.05) is 20.1 Å². The van der Waals surface area contributed by atoms with Crippen LogP contribution in [0.25, 0.3) is 0 Å². The molecule has 2 nitrogen and oxygen atoms in total. The molecule has 0 aromatic rings. The second-order valence-corrected chi connectivity index (χ2v) is 5.55. The van der Waals surface area contributed by atoms with Gasteiger partial charge in [0.05, 0.1) is 0 Å². The SMILES string of the molecule is C=C(C)[C@@H]1CC=C=CCC=CC1N(CCC)N(C)CC. The lowest BCUT2D eigenvalue weighted by atomic mass is 9.89. The van der Waals surface area contributed by atoms with Gasteiger partial charge in [0.25, 0.3) is 0 Å². The lowest BCUT2D eigenvalue weighted by Gasteiger charge is -2.40. The van der Waals surface area contributed by atoms with Crippen molar-refractivity contribution < 1.29 is 0 Å². The highest BCUT2D eigenvalue weighted by Crippen LogP contribution is 2.26. The van der Waals surface area contributed by atoms with E-state index in [-0.39, 0.29) is 0 Å². The maximum atomic E-state index is 4.22. The van der Waals surface area contributed by atoms with Crippen molar-refractivity contribution in [1.29, 1.82) is 0 Å². The van der Waals surface area contributed by atoms with Crippen molar-refractivity contribution in [1.82, 2.24) is 10.0 Å². The molecule has 0 aliphatic heterocycles. The first kappa shape index (κ1) is 17.0. The Balaban J connectivity index is 3.06. The highest BCUT2D eigenvalue weighted by atomic mass is 15.6. The Morgan fingerprint density at radius 3 is 2.70 bits per heavy atom. The molecule has 20 heavy (non-hydrogen) atoms. The van der Waals surface area contributed by atoms with Crippen LogP contribution >= 0.6 is 0 Å². The summed E-state index contributed by atoms with van der Waals surface area (Å²) >= 11 is 0. The number of hydrazine groups is 1. The molecular weight excluding hydrogens is 244 g/mol. The molecule has 0 heterocycles. The number of allylic oxidation sites excluding steroid dienone is 2. The van der Waals surface area contributed by atoms with Crippen LogP contribution in [0.15, 0.2) is 42.2 Å². The number of hydrogen-bond donors (Lipinski definition) is 0. The first-order valence-corrected chi connectivity index (χ1v) is 7.80. The fourth-order valence-electron chi connectivity index (χ4n) is 2.66. The molecule has 112 valence electrons. The van der Waals surface area contributed by atoms with Crippen LogP contribution in [0.3, 0.4) is 0 Å². The minimum Gasteiger partial charge on any atom is -0.245 e. The summed E-state index contributed by atoms with van der Waals surface area (Å²) in [4.78, 5) is 0. The van der Waals surface area contributed by atoms with Gasteiger partial charge in [-0.05, 0) is 38.3 Å². The average Bonchev–Trinajstić information content (AvgIpc) is 2.55. The number of rotatable bonds is 6. The van der Waals surface area contributed by atoms with E-state index in [1.165, 1.54) is 5.57 Å². The third-order valence-corrected chi connectivity index (χ3v) is 3.93. The van der Waals surface area contributed by atoms with E-state index in [9.17, 15) is 0 Å². The molecule has 0 fully saturated rings. The van der Waals surface area contributed by atoms with Crippen LogP contribution in [-0.4, -0.2) is 36.2 Å². The topological polar surface area (TPSA) is 6.48 Å². The molecular formula is C18H30N2. The molecule has 1 unspecified atom stereocenters. The van der Waals surface area contributed by atoms with Crippen LogP contribution in [0.2, 0.25) is 0 Å². The van der Waals surface area contributed by atoms with E-state index in [2.05, 4.69) is 74.5 Å². The average molecular weight is 274 g/mol. The molecule has 0 saturated carbocycles. The van der Waals surface area contributed by atoms with Gasteiger partial charge in [-0.25, -0.2) is 10.0 Å². The summed E-state index contributed by atoms with van der Waals surface area (Å²) in [5.74, 6) is 0.450. The van der Waals surface area contributed by atoms with Crippen molar-refractivity contribution in [3.8, 4) is 0 Å². The highest BCUT2D eigenvalue weighted by molar-refractivity contribution is 5.13. The van der Waals surface area contributed by atoms with Gasteiger partial charge in [-0.15, -0.1) is 5.73 Å². The molecule has 2 atom stereocenters. The zero-order valence-electron chi connectivity index (χ0n) is 13.6. The molecule has 1 aliphatic rings. The van der Waals surface area contributed by atoms with Crippen LogP contribution in [0, 0.1) is 5.92 Å². The first-order valence-electron chi connectivity index (χ1n) is 7.80. The van der Waals surface area contributed by atoms with Gasteiger partial charge in [0.2, 0.25) is 0 Å². The molecule has 0 aromatic heterocycles. The van der Waals surface area contributed by atoms with Crippen molar-refractivity contribution in [2.45, 2.75) is 46.1 Å². The Labute approximate surface area is 125 Å². The van der Waals surface area contributed by atoms with Crippen molar-refractivity contribution in [2.24, 2.45) is 5.92 Å². The summed E-state index contributed by atoms with van der Waals surface area (Å²) in [6.07, 6.45) is 12.0. The molecule has 0 amide bonds. The Morgan fingerprint density at radius 2 is 2.10 bits per heavy atom. The normalized spacial score (nSPS) is 22.9. The Bertz CT molecular complexity index is 388. The van der Waals surface area contributed by atoms with Crippen molar-refractivity contribution in [3.63, 3.8) is 0 Å². The van der Waals surface area contributed by atoms with Gasteiger partial charge in [0, 0.05) is 32.1 Å². The number of nitrogens with zero attached hydrogens (tertiary/aromatic N) is 2. The van der Waals surface area contributed by atoms with Gasteiger partial charge in [-0.2, -0.15) is 0 Å². The zero-order chi connectivity index (χ0) is 15.0. The summed E-state index contributed by atoms with van der Waals surface area (Å²) in [5, 5.41) is 4.83. The fraction of sp³-hybridized carbons (Fsp3) is 0.611. The van der Waals surface area contributed by atoms with Gasteiger partial charge in [0.1, 0.15) is 0 Å². The predicted octanol–water partition coefficient (Wildman–Crippen LogP) is 4.19.